The molecule has 0 radical (unpaired) electrons. The Hall–Kier alpha value is -1.59. The molecule has 1 heterocycles. The van der Waals surface area contributed by atoms with E-state index in [1.165, 1.54) is 0 Å². The highest BCUT2D eigenvalue weighted by Gasteiger charge is 2.24. The van der Waals surface area contributed by atoms with Crippen molar-refractivity contribution in [2.75, 3.05) is 13.1 Å². The number of rotatable bonds is 3. The number of amidine groups is 1. The predicted octanol–water partition coefficient (Wildman–Crippen LogP) is 0.984. The van der Waals surface area contributed by atoms with Crippen LogP contribution in [0.5, 0.6) is 0 Å². The number of hydrogen-bond acceptors (Lipinski definition) is 4. The summed E-state index contributed by atoms with van der Waals surface area (Å²) in [6, 6.07) is 7.67. The smallest absolute Gasteiger partial charge is 0.170 e. The number of likely N-dealkylation sites (tertiary alicyclic amines) is 1. The summed E-state index contributed by atoms with van der Waals surface area (Å²) < 4.78 is 0. The molecule has 0 saturated carbocycles. The zero-order valence-corrected chi connectivity index (χ0v) is 11.2. The number of benzene rings is 1. The summed E-state index contributed by atoms with van der Waals surface area (Å²) in [5, 5.41) is 21.6. The quantitative estimate of drug-likeness (QED) is 0.329. The summed E-state index contributed by atoms with van der Waals surface area (Å²) in [7, 11) is 0. The summed E-state index contributed by atoms with van der Waals surface area (Å²) in [5.74, 6) is 0.422. The minimum absolute atomic E-state index is 0.140. The SMILES string of the molecule is CC1CN(Cc2ccccc2/C(N)=N/O)CCC1O. The highest BCUT2D eigenvalue weighted by Crippen LogP contribution is 2.20. The van der Waals surface area contributed by atoms with Crippen molar-refractivity contribution in [3.63, 3.8) is 0 Å². The zero-order chi connectivity index (χ0) is 13.8. The zero-order valence-electron chi connectivity index (χ0n) is 11.2. The summed E-state index contributed by atoms with van der Waals surface area (Å²) >= 11 is 0. The first kappa shape index (κ1) is 13.8. The van der Waals surface area contributed by atoms with Crippen molar-refractivity contribution in [1.82, 2.24) is 4.90 Å². The first-order valence-corrected chi connectivity index (χ1v) is 6.58. The van der Waals surface area contributed by atoms with Gasteiger partial charge in [0.1, 0.15) is 0 Å². The second-order valence-electron chi connectivity index (χ2n) is 5.21. The standard InChI is InChI=1S/C14H21N3O2/c1-10-8-17(7-6-13(10)18)9-11-4-2-3-5-12(11)14(15)16-19/h2-5,10,13,18-19H,6-9H2,1H3,(H2,15,16). The Morgan fingerprint density at radius 3 is 2.89 bits per heavy atom. The summed E-state index contributed by atoms with van der Waals surface area (Å²) in [6.45, 7) is 4.55. The molecule has 5 nitrogen and oxygen atoms in total. The lowest BCUT2D eigenvalue weighted by molar-refractivity contribution is 0.0320. The van der Waals surface area contributed by atoms with Crippen LogP contribution in [-0.4, -0.2) is 40.2 Å². The van der Waals surface area contributed by atoms with Gasteiger partial charge in [-0.15, -0.1) is 0 Å². The van der Waals surface area contributed by atoms with Gasteiger partial charge in [-0.3, -0.25) is 4.90 Å². The Morgan fingerprint density at radius 2 is 2.21 bits per heavy atom. The van der Waals surface area contributed by atoms with Crippen molar-refractivity contribution in [3.05, 3.63) is 35.4 Å². The van der Waals surface area contributed by atoms with E-state index < -0.39 is 0 Å². The predicted molar refractivity (Wildman–Crippen MR) is 74.0 cm³/mol. The van der Waals surface area contributed by atoms with Crippen LogP contribution in [0.4, 0.5) is 0 Å². The second kappa shape index (κ2) is 6.04. The van der Waals surface area contributed by atoms with Crippen LogP contribution in [0.25, 0.3) is 0 Å². The minimum Gasteiger partial charge on any atom is -0.409 e. The number of nitrogens with zero attached hydrogens (tertiary/aromatic N) is 2. The van der Waals surface area contributed by atoms with Crippen molar-refractivity contribution >= 4 is 5.84 Å². The molecule has 1 aromatic carbocycles. The number of piperidine rings is 1. The van der Waals surface area contributed by atoms with Crippen molar-refractivity contribution in [3.8, 4) is 0 Å². The first-order chi connectivity index (χ1) is 9.11. The molecular formula is C14H21N3O2. The molecule has 1 aliphatic heterocycles. The van der Waals surface area contributed by atoms with E-state index in [-0.39, 0.29) is 17.9 Å². The topological polar surface area (TPSA) is 82.1 Å². The van der Waals surface area contributed by atoms with Gasteiger partial charge in [-0.2, -0.15) is 0 Å². The molecule has 1 aliphatic rings. The molecule has 2 atom stereocenters. The Bertz CT molecular complexity index is 462. The molecular weight excluding hydrogens is 242 g/mol. The molecule has 2 unspecified atom stereocenters. The van der Waals surface area contributed by atoms with E-state index in [9.17, 15) is 5.11 Å². The number of aliphatic hydroxyl groups is 1. The molecule has 0 bridgehead atoms. The molecule has 5 heteroatoms. The monoisotopic (exact) mass is 263 g/mol. The maximum Gasteiger partial charge on any atom is 0.170 e. The normalized spacial score (nSPS) is 25.5. The molecule has 104 valence electrons. The van der Waals surface area contributed by atoms with Crippen LogP contribution < -0.4 is 5.73 Å². The largest absolute Gasteiger partial charge is 0.409 e. The fourth-order valence-electron chi connectivity index (χ4n) is 2.57. The van der Waals surface area contributed by atoms with Gasteiger partial charge in [0.25, 0.3) is 0 Å². The van der Waals surface area contributed by atoms with E-state index in [0.717, 1.165) is 37.2 Å². The summed E-state index contributed by atoms with van der Waals surface area (Å²) in [6.07, 6.45) is 0.600. The molecule has 1 fully saturated rings. The maximum absolute atomic E-state index is 9.74. The maximum atomic E-state index is 9.74. The van der Waals surface area contributed by atoms with Gasteiger partial charge in [0.2, 0.25) is 0 Å². The number of aliphatic hydroxyl groups excluding tert-OH is 1. The third-order valence-corrected chi connectivity index (χ3v) is 3.74. The Labute approximate surface area is 113 Å². The molecule has 4 N–H and O–H groups in total. The van der Waals surface area contributed by atoms with Gasteiger partial charge in [0.15, 0.2) is 5.84 Å². The van der Waals surface area contributed by atoms with Crippen molar-refractivity contribution in [2.24, 2.45) is 16.8 Å². The van der Waals surface area contributed by atoms with E-state index in [2.05, 4.69) is 17.0 Å². The van der Waals surface area contributed by atoms with E-state index in [4.69, 9.17) is 10.9 Å². The summed E-state index contributed by atoms with van der Waals surface area (Å²) in [4.78, 5) is 2.29. The lowest BCUT2D eigenvalue weighted by Crippen LogP contribution is -2.41. The van der Waals surface area contributed by atoms with Crippen LogP contribution in [0.3, 0.4) is 0 Å². The average Bonchev–Trinajstić information content (AvgIpc) is 2.43. The molecule has 19 heavy (non-hydrogen) atoms. The van der Waals surface area contributed by atoms with E-state index in [1.807, 2.05) is 24.3 Å². The number of oxime groups is 1. The van der Waals surface area contributed by atoms with Crippen molar-refractivity contribution in [1.29, 1.82) is 0 Å². The van der Waals surface area contributed by atoms with Crippen LogP contribution in [0, 0.1) is 5.92 Å². The fourth-order valence-corrected chi connectivity index (χ4v) is 2.57. The molecule has 0 aromatic heterocycles. The Kier molecular flexibility index (Phi) is 4.39. The van der Waals surface area contributed by atoms with Gasteiger partial charge in [-0.25, -0.2) is 0 Å². The molecule has 2 rings (SSSR count). The van der Waals surface area contributed by atoms with Crippen molar-refractivity contribution in [2.45, 2.75) is 26.0 Å². The van der Waals surface area contributed by atoms with Crippen LogP contribution >= 0.6 is 0 Å². The molecule has 1 saturated heterocycles. The Balaban J connectivity index is 2.11. The first-order valence-electron chi connectivity index (χ1n) is 6.58. The van der Waals surface area contributed by atoms with Crippen LogP contribution in [0.1, 0.15) is 24.5 Å². The van der Waals surface area contributed by atoms with Crippen LogP contribution in [0.15, 0.2) is 29.4 Å². The lowest BCUT2D eigenvalue weighted by atomic mass is 9.96. The third-order valence-electron chi connectivity index (χ3n) is 3.74. The molecule has 0 aliphatic carbocycles. The van der Waals surface area contributed by atoms with Crippen LogP contribution in [0.2, 0.25) is 0 Å². The highest BCUT2D eigenvalue weighted by molar-refractivity contribution is 5.98. The van der Waals surface area contributed by atoms with Crippen molar-refractivity contribution < 1.29 is 10.3 Å². The van der Waals surface area contributed by atoms with E-state index in [0.29, 0.717) is 0 Å². The fraction of sp³-hybridized carbons (Fsp3) is 0.500. The van der Waals surface area contributed by atoms with Gasteiger partial charge >= 0.3 is 0 Å². The van der Waals surface area contributed by atoms with Crippen LogP contribution in [-0.2, 0) is 6.54 Å². The van der Waals surface area contributed by atoms with Gasteiger partial charge in [0.05, 0.1) is 6.10 Å². The summed E-state index contributed by atoms with van der Waals surface area (Å²) in [5.41, 5.74) is 7.50. The van der Waals surface area contributed by atoms with Gasteiger partial charge in [-0.1, -0.05) is 36.3 Å². The third kappa shape index (κ3) is 3.24. The number of hydrogen-bond donors (Lipinski definition) is 3. The van der Waals surface area contributed by atoms with Gasteiger partial charge < -0.3 is 16.0 Å². The minimum atomic E-state index is -0.199. The second-order valence-corrected chi connectivity index (χ2v) is 5.21. The number of nitrogens with two attached hydrogens (primary N) is 1. The Morgan fingerprint density at radius 1 is 1.47 bits per heavy atom. The highest BCUT2D eigenvalue weighted by atomic mass is 16.4. The average molecular weight is 263 g/mol. The molecule has 0 amide bonds. The molecule has 0 spiro atoms. The van der Waals surface area contributed by atoms with Gasteiger partial charge in [0, 0.05) is 25.2 Å². The van der Waals surface area contributed by atoms with Gasteiger partial charge in [-0.05, 0) is 17.9 Å². The molecule has 1 aromatic rings. The van der Waals surface area contributed by atoms with E-state index in [1.54, 1.807) is 0 Å². The lowest BCUT2D eigenvalue weighted by Gasteiger charge is -2.34. The van der Waals surface area contributed by atoms with E-state index >= 15 is 0 Å².